The van der Waals surface area contributed by atoms with Gasteiger partial charge in [-0.25, -0.2) is 9.38 Å². The van der Waals surface area contributed by atoms with Gasteiger partial charge in [0.05, 0.1) is 26.2 Å². The summed E-state index contributed by atoms with van der Waals surface area (Å²) in [4.78, 5) is 19.4. The van der Waals surface area contributed by atoms with E-state index in [1.54, 1.807) is 30.3 Å². The summed E-state index contributed by atoms with van der Waals surface area (Å²) >= 11 is 13.1. The Labute approximate surface area is 201 Å². The molecule has 8 heteroatoms. The Bertz CT molecular complexity index is 1220. The molecule has 2 aliphatic rings. The molecule has 1 N–H and O–H groups in total. The number of nitrogens with zero attached hydrogens (tertiary/aromatic N) is 2. The van der Waals surface area contributed by atoms with Crippen molar-refractivity contribution in [3.8, 4) is 0 Å². The molecular weight excluding hydrogens is 468 g/mol. The molecule has 166 valence electrons. The van der Waals surface area contributed by atoms with E-state index in [4.69, 9.17) is 23.2 Å². The number of thioether (sulfide) groups is 1. The van der Waals surface area contributed by atoms with Gasteiger partial charge in [-0.3, -0.25) is 4.79 Å². The van der Waals surface area contributed by atoms with E-state index < -0.39 is 0 Å². The topological polar surface area (TPSA) is 44.7 Å². The fourth-order valence-electron chi connectivity index (χ4n) is 4.10. The molecule has 0 bridgehead atoms. The van der Waals surface area contributed by atoms with Crippen LogP contribution < -0.4 is 10.2 Å². The highest BCUT2D eigenvalue weighted by molar-refractivity contribution is 8.18. The number of aliphatic imine (C=N–C) groups is 1. The van der Waals surface area contributed by atoms with Crippen molar-refractivity contribution < 1.29 is 9.18 Å². The van der Waals surface area contributed by atoms with Gasteiger partial charge in [0, 0.05) is 23.4 Å². The molecule has 0 atom stereocenters. The van der Waals surface area contributed by atoms with Crippen molar-refractivity contribution in [3.05, 3.63) is 68.3 Å². The molecule has 2 aromatic carbocycles. The molecule has 0 unspecified atom stereocenters. The van der Waals surface area contributed by atoms with Crippen LogP contribution in [0.4, 0.5) is 15.8 Å². The Morgan fingerprint density at radius 2 is 1.97 bits per heavy atom. The number of carbonyl (C=O) groups excluding carboxylic acids is 1. The largest absolute Gasteiger partial charge is 0.363 e. The zero-order valence-corrected chi connectivity index (χ0v) is 20.4. The number of hydrogen-bond acceptors (Lipinski definition) is 4. The molecule has 0 spiro atoms. The number of rotatable bonds is 3. The lowest BCUT2D eigenvalue weighted by molar-refractivity contribution is -0.115. The number of anilines is 1. The maximum atomic E-state index is 15.1. The Balaban J connectivity index is 1.67. The fraction of sp³-hybridized carbons (Fsp3) is 0.250. The number of likely N-dealkylation sites (N-methyl/N-ethyl adjacent to an activating group) is 1. The summed E-state index contributed by atoms with van der Waals surface area (Å²) < 4.78 is 15.1. The predicted octanol–water partition coefficient (Wildman–Crippen LogP) is 7.05. The van der Waals surface area contributed by atoms with E-state index in [1.165, 1.54) is 0 Å². The van der Waals surface area contributed by atoms with Crippen LogP contribution in [-0.4, -0.2) is 23.2 Å². The molecule has 1 fully saturated rings. The normalized spacial score (nSPS) is 19.9. The van der Waals surface area contributed by atoms with Crippen LogP contribution in [0, 0.1) is 5.82 Å². The smallest absolute Gasteiger partial charge is 0.264 e. The Kier molecular flexibility index (Phi) is 6.14. The Hall–Kier alpha value is -2.28. The lowest BCUT2D eigenvalue weighted by Gasteiger charge is -2.42. The number of nitrogens with one attached hydrogen (secondary N) is 1. The number of amides is 1. The third kappa shape index (κ3) is 4.32. The highest BCUT2D eigenvalue weighted by atomic mass is 35.5. The van der Waals surface area contributed by atoms with Gasteiger partial charge in [0.2, 0.25) is 0 Å². The minimum atomic E-state index is -0.372. The van der Waals surface area contributed by atoms with Gasteiger partial charge in [-0.05, 0) is 81.4 Å². The number of allylic oxidation sites excluding steroid dienone is 1. The van der Waals surface area contributed by atoms with Gasteiger partial charge >= 0.3 is 0 Å². The molecule has 4 nitrogen and oxygen atoms in total. The summed E-state index contributed by atoms with van der Waals surface area (Å²) in [6, 6.07) is 8.33. The van der Waals surface area contributed by atoms with E-state index in [9.17, 15) is 4.79 Å². The second kappa shape index (κ2) is 8.58. The molecule has 0 aromatic heterocycles. The minimum absolute atomic E-state index is 0.199. The van der Waals surface area contributed by atoms with Crippen molar-refractivity contribution in [1.29, 1.82) is 0 Å². The summed E-state index contributed by atoms with van der Waals surface area (Å²) in [5, 5.41) is 3.91. The van der Waals surface area contributed by atoms with Gasteiger partial charge < -0.3 is 10.2 Å². The monoisotopic (exact) mass is 489 g/mol. The molecule has 1 amide bonds. The lowest BCUT2D eigenvalue weighted by atomic mass is 9.88. The van der Waals surface area contributed by atoms with Gasteiger partial charge in [0.25, 0.3) is 5.91 Å². The van der Waals surface area contributed by atoms with Crippen molar-refractivity contribution in [2.45, 2.75) is 33.2 Å². The standard InChI is InChI=1S/C24H22Cl2FN3OS/c1-5-30-20-11-19(27)14(8-16(20)13(2)12-24(30,3)4)9-21-22(31)29-23(32-21)28-15-6-7-17(25)18(26)10-15/h6-12H,5H2,1-4H3,(H,28,29,31)/b21-9+. The van der Waals surface area contributed by atoms with Crippen LogP contribution in [-0.2, 0) is 4.79 Å². The molecule has 4 rings (SSSR count). The first-order valence-electron chi connectivity index (χ1n) is 10.1. The maximum absolute atomic E-state index is 15.1. The van der Waals surface area contributed by atoms with Crippen LogP contribution >= 0.6 is 35.0 Å². The summed E-state index contributed by atoms with van der Waals surface area (Å²) in [5.74, 6) is -0.696. The van der Waals surface area contributed by atoms with Gasteiger partial charge in [-0.2, -0.15) is 0 Å². The van der Waals surface area contributed by atoms with E-state index in [0.29, 0.717) is 31.4 Å². The van der Waals surface area contributed by atoms with Gasteiger partial charge in [0.1, 0.15) is 5.82 Å². The molecule has 2 aromatic rings. The molecule has 2 aliphatic heterocycles. The van der Waals surface area contributed by atoms with Crippen LogP contribution in [0.15, 0.2) is 46.3 Å². The van der Waals surface area contributed by atoms with E-state index in [-0.39, 0.29) is 17.3 Å². The molecule has 32 heavy (non-hydrogen) atoms. The van der Waals surface area contributed by atoms with Gasteiger partial charge in [0.15, 0.2) is 5.17 Å². The first-order chi connectivity index (χ1) is 15.1. The van der Waals surface area contributed by atoms with Crippen LogP contribution in [0.5, 0.6) is 0 Å². The molecule has 0 saturated carbocycles. The number of amidine groups is 1. The van der Waals surface area contributed by atoms with Crippen LogP contribution in [0.1, 0.15) is 38.8 Å². The number of hydrogen-bond donors (Lipinski definition) is 1. The third-order valence-corrected chi connectivity index (χ3v) is 7.13. The molecule has 0 aliphatic carbocycles. The van der Waals surface area contributed by atoms with Gasteiger partial charge in [-0.15, -0.1) is 0 Å². The molecule has 1 saturated heterocycles. The molecule has 0 radical (unpaired) electrons. The number of halogens is 3. The van der Waals surface area contributed by atoms with Crippen molar-refractivity contribution in [1.82, 2.24) is 5.32 Å². The maximum Gasteiger partial charge on any atom is 0.264 e. The van der Waals surface area contributed by atoms with Crippen molar-refractivity contribution in [3.63, 3.8) is 0 Å². The summed E-state index contributed by atoms with van der Waals surface area (Å²) in [7, 11) is 0. The summed E-state index contributed by atoms with van der Waals surface area (Å²) in [6.07, 6.45) is 3.75. The SMILES string of the molecule is CCN1c2cc(F)c(/C=C3/SC(=Nc4ccc(Cl)c(Cl)c4)NC3=O)cc2C(C)=CC1(C)C. The second-order valence-corrected chi connectivity index (χ2v) is 10.0. The van der Waals surface area contributed by atoms with E-state index in [1.807, 2.05) is 13.0 Å². The first-order valence-corrected chi connectivity index (χ1v) is 11.7. The fourth-order valence-corrected chi connectivity index (χ4v) is 5.22. The summed E-state index contributed by atoms with van der Waals surface area (Å²) in [6.45, 7) is 9.08. The van der Waals surface area contributed by atoms with Crippen molar-refractivity contribution in [2.75, 3.05) is 11.4 Å². The first kappa shape index (κ1) is 22.9. The predicted molar refractivity (Wildman–Crippen MR) is 134 cm³/mol. The minimum Gasteiger partial charge on any atom is -0.363 e. The average Bonchev–Trinajstić information content (AvgIpc) is 3.04. The second-order valence-electron chi connectivity index (χ2n) is 8.20. The number of benzene rings is 2. The Morgan fingerprint density at radius 1 is 1.22 bits per heavy atom. The zero-order valence-electron chi connectivity index (χ0n) is 18.1. The van der Waals surface area contributed by atoms with E-state index >= 15 is 4.39 Å². The lowest BCUT2D eigenvalue weighted by Crippen LogP contribution is -2.45. The highest BCUT2D eigenvalue weighted by Gasteiger charge is 2.31. The van der Waals surface area contributed by atoms with Crippen LogP contribution in [0.2, 0.25) is 10.0 Å². The third-order valence-electron chi connectivity index (χ3n) is 5.48. The van der Waals surface area contributed by atoms with Crippen molar-refractivity contribution >= 4 is 69.1 Å². The van der Waals surface area contributed by atoms with E-state index in [0.717, 1.165) is 35.1 Å². The zero-order chi connectivity index (χ0) is 23.2. The number of fused-ring (bicyclic) bond motifs is 1. The quantitative estimate of drug-likeness (QED) is 0.469. The van der Waals surface area contributed by atoms with Crippen LogP contribution in [0.25, 0.3) is 11.6 Å². The number of carbonyl (C=O) groups is 1. The van der Waals surface area contributed by atoms with Crippen molar-refractivity contribution in [2.24, 2.45) is 4.99 Å². The summed E-state index contributed by atoms with van der Waals surface area (Å²) in [5.41, 5.74) is 3.64. The Morgan fingerprint density at radius 3 is 2.66 bits per heavy atom. The van der Waals surface area contributed by atoms with Gasteiger partial charge in [-0.1, -0.05) is 29.3 Å². The van der Waals surface area contributed by atoms with Crippen LogP contribution in [0.3, 0.4) is 0 Å². The molecular formula is C24H22Cl2FN3OS. The average molecular weight is 490 g/mol. The molecule has 2 heterocycles. The van der Waals surface area contributed by atoms with E-state index in [2.05, 4.69) is 42.1 Å². The highest BCUT2D eigenvalue weighted by Crippen LogP contribution is 2.41.